The average molecular weight is 375 g/mol. The summed E-state index contributed by atoms with van der Waals surface area (Å²) in [5.41, 5.74) is 6.31. The average Bonchev–Trinajstić information content (AvgIpc) is 2.72. The number of hydrogen-bond acceptors (Lipinski definition) is 6. The number of aromatic nitrogens is 2. The first kappa shape index (κ1) is 17.9. The Balaban J connectivity index is 1.59. The fourth-order valence-electron chi connectivity index (χ4n) is 3.33. The van der Waals surface area contributed by atoms with Gasteiger partial charge in [-0.3, -0.25) is 4.79 Å². The van der Waals surface area contributed by atoms with Crippen LogP contribution in [-0.4, -0.2) is 28.7 Å². The van der Waals surface area contributed by atoms with Gasteiger partial charge in [0.15, 0.2) is 0 Å². The lowest BCUT2D eigenvalue weighted by molar-refractivity contribution is -0.121. The number of carbonyl (C=O) groups is 1. The van der Waals surface area contributed by atoms with Crippen LogP contribution in [0.1, 0.15) is 24.5 Å². The molecule has 7 nitrogen and oxygen atoms in total. The summed E-state index contributed by atoms with van der Waals surface area (Å²) in [6.45, 7) is 2.63. The highest BCUT2D eigenvalue weighted by molar-refractivity contribution is 6.07. The van der Waals surface area contributed by atoms with E-state index in [1.54, 1.807) is 13.4 Å². The molecule has 1 amide bonds. The van der Waals surface area contributed by atoms with Gasteiger partial charge in [0, 0.05) is 29.8 Å². The minimum atomic E-state index is -0.0524. The molecule has 2 heterocycles. The molecule has 1 unspecified atom stereocenters. The first-order valence-corrected chi connectivity index (χ1v) is 9.12. The quantitative estimate of drug-likeness (QED) is 0.715. The number of nitrogens with one attached hydrogen (secondary N) is 2. The number of nitrogens with zero attached hydrogens (tertiary/aromatic N) is 3. The van der Waals surface area contributed by atoms with Crippen molar-refractivity contribution in [3.63, 3.8) is 0 Å². The lowest BCUT2D eigenvalue weighted by Crippen LogP contribution is -2.31. The third kappa shape index (κ3) is 3.64. The summed E-state index contributed by atoms with van der Waals surface area (Å²) in [4.78, 5) is 20.3. The monoisotopic (exact) mass is 375 g/mol. The molecule has 3 aromatic rings. The van der Waals surface area contributed by atoms with Crippen LogP contribution >= 0.6 is 0 Å². The van der Waals surface area contributed by atoms with E-state index >= 15 is 0 Å². The van der Waals surface area contributed by atoms with Gasteiger partial charge in [0.25, 0.3) is 0 Å². The minimum Gasteiger partial charge on any atom is -0.497 e. The van der Waals surface area contributed by atoms with Crippen molar-refractivity contribution in [3.05, 3.63) is 59.9 Å². The van der Waals surface area contributed by atoms with Crippen LogP contribution in [0, 0.1) is 5.92 Å². The molecule has 7 heteroatoms. The van der Waals surface area contributed by atoms with E-state index in [1.165, 1.54) is 0 Å². The van der Waals surface area contributed by atoms with Crippen molar-refractivity contribution in [2.24, 2.45) is 11.0 Å². The Hall–Kier alpha value is -3.48. The van der Waals surface area contributed by atoms with Crippen LogP contribution in [0.2, 0.25) is 0 Å². The maximum Gasteiger partial charge on any atom is 0.240 e. The van der Waals surface area contributed by atoms with Gasteiger partial charge < -0.3 is 10.1 Å². The molecule has 0 spiro atoms. The number of methoxy groups -OCH3 is 1. The van der Waals surface area contributed by atoms with Crippen LogP contribution in [0.5, 0.6) is 5.75 Å². The van der Waals surface area contributed by atoms with Crippen molar-refractivity contribution in [1.82, 2.24) is 15.4 Å². The third-order valence-corrected chi connectivity index (χ3v) is 4.79. The van der Waals surface area contributed by atoms with Gasteiger partial charge in [0.1, 0.15) is 17.9 Å². The van der Waals surface area contributed by atoms with E-state index in [-0.39, 0.29) is 11.8 Å². The minimum absolute atomic E-state index is 0.0524. The number of benzene rings is 2. The Morgan fingerprint density at radius 2 is 2.11 bits per heavy atom. The Kier molecular flexibility index (Phi) is 4.89. The molecule has 28 heavy (non-hydrogen) atoms. The zero-order valence-corrected chi connectivity index (χ0v) is 15.8. The molecule has 0 radical (unpaired) electrons. The van der Waals surface area contributed by atoms with Crippen LogP contribution < -0.4 is 15.5 Å². The van der Waals surface area contributed by atoms with Gasteiger partial charge >= 0.3 is 0 Å². The van der Waals surface area contributed by atoms with Crippen LogP contribution in [-0.2, 0) is 11.3 Å². The number of fused-ring (bicyclic) bond motifs is 1. The molecule has 1 aromatic heterocycles. The van der Waals surface area contributed by atoms with Gasteiger partial charge in [-0.2, -0.15) is 5.10 Å². The second kappa shape index (κ2) is 7.64. The van der Waals surface area contributed by atoms with Gasteiger partial charge in [-0.25, -0.2) is 15.4 Å². The Morgan fingerprint density at radius 3 is 2.93 bits per heavy atom. The van der Waals surface area contributed by atoms with Crippen molar-refractivity contribution in [2.45, 2.75) is 19.9 Å². The van der Waals surface area contributed by atoms with Crippen molar-refractivity contribution in [1.29, 1.82) is 0 Å². The van der Waals surface area contributed by atoms with E-state index in [4.69, 9.17) is 4.74 Å². The molecular formula is C21H21N5O2. The van der Waals surface area contributed by atoms with E-state index in [2.05, 4.69) is 25.8 Å². The molecule has 0 aliphatic carbocycles. The largest absolute Gasteiger partial charge is 0.497 e. The zero-order valence-electron chi connectivity index (χ0n) is 15.8. The second-order valence-corrected chi connectivity index (χ2v) is 6.80. The van der Waals surface area contributed by atoms with E-state index in [9.17, 15) is 4.79 Å². The van der Waals surface area contributed by atoms with E-state index in [0.29, 0.717) is 13.0 Å². The van der Waals surface area contributed by atoms with Crippen molar-refractivity contribution in [3.8, 4) is 5.75 Å². The summed E-state index contributed by atoms with van der Waals surface area (Å²) in [7, 11) is 1.66. The molecule has 0 fully saturated rings. The smallest absolute Gasteiger partial charge is 0.240 e. The maximum atomic E-state index is 11.5. The van der Waals surface area contributed by atoms with Crippen LogP contribution in [0.15, 0.2) is 53.9 Å². The second-order valence-electron chi connectivity index (χ2n) is 6.80. The number of hydrazone groups is 1. The number of amides is 1. The zero-order chi connectivity index (χ0) is 19.5. The number of rotatable bonds is 5. The highest BCUT2D eigenvalue weighted by Crippen LogP contribution is 2.24. The van der Waals surface area contributed by atoms with E-state index in [0.717, 1.165) is 39.3 Å². The summed E-state index contributed by atoms with van der Waals surface area (Å²) in [5.74, 6) is 1.61. The SMILES string of the molecule is COc1cccc(CNc2ncnc3cc(C4=NNC(=O)CC4C)ccc23)c1. The number of anilines is 1. The van der Waals surface area contributed by atoms with Crippen LogP contribution in [0.4, 0.5) is 5.82 Å². The predicted octanol–water partition coefficient (Wildman–Crippen LogP) is 3.11. The lowest BCUT2D eigenvalue weighted by Gasteiger charge is -2.19. The lowest BCUT2D eigenvalue weighted by atomic mass is 9.93. The van der Waals surface area contributed by atoms with Gasteiger partial charge in [-0.1, -0.05) is 25.1 Å². The van der Waals surface area contributed by atoms with Crippen molar-refractivity contribution in [2.75, 3.05) is 12.4 Å². The molecule has 142 valence electrons. The molecule has 1 aliphatic heterocycles. The van der Waals surface area contributed by atoms with Gasteiger partial charge in [0.2, 0.25) is 5.91 Å². The van der Waals surface area contributed by atoms with E-state index < -0.39 is 0 Å². The third-order valence-electron chi connectivity index (χ3n) is 4.79. The molecule has 2 N–H and O–H groups in total. The maximum absolute atomic E-state index is 11.5. The first-order chi connectivity index (χ1) is 13.6. The fourth-order valence-corrected chi connectivity index (χ4v) is 3.33. The summed E-state index contributed by atoms with van der Waals surface area (Å²) in [5, 5.41) is 8.54. The van der Waals surface area contributed by atoms with Crippen LogP contribution in [0.3, 0.4) is 0 Å². The molecule has 0 saturated heterocycles. The number of ether oxygens (including phenoxy) is 1. The summed E-state index contributed by atoms with van der Waals surface area (Å²) < 4.78 is 5.27. The highest BCUT2D eigenvalue weighted by atomic mass is 16.5. The summed E-state index contributed by atoms with van der Waals surface area (Å²) in [6, 6.07) is 13.9. The molecule has 1 aliphatic rings. The van der Waals surface area contributed by atoms with Crippen LogP contribution in [0.25, 0.3) is 10.9 Å². The summed E-state index contributed by atoms with van der Waals surface area (Å²) >= 11 is 0. The molecule has 2 aromatic carbocycles. The molecule has 0 saturated carbocycles. The Bertz CT molecular complexity index is 1060. The molecular weight excluding hydrogens is 354 g/mol. The fraction of sp³-hybridized carbons (Fsp3) is 0.238. The Labute approximate surface area is 162 Å². The Morgan fingerprint density at radius 1 is 1.21 bits per heavy atom. The molecule has 0 bridgehead atoms. The topological polar surface area (TPSA) is 88.5 Å². The van der Waals surface area contributed by atoms with Gasteiger partial charge in [-0.05, 0) is 29.8 Å². The number of hydrogen-bond donors (Lipinski definition) is 2. The van der Waals surface area contributed by atoms with Gasteiger partial charge in [-0.15, -0.1) is 0 Å². The molecule has 4 rings (SSSR count). The summed E-state index contributed by atoms with van der Waals surface area (Å²) in [6.07, 6.45) is 1.99. The normalized spacial score (nSPS) is 16.4. The predicted molar refractivity (Wildman–Crippen MR) is 108 cm³/mol. The van der Waals surface area contributed by atoms with Gasteiger partial charge in [0.05, 0.1) is 18.3 Å². The van der Waals surface area contributed by atoms with Crippen molar-refractivity contribution >= 4 is 28.3 Å². The van der Waals surface area contributed by atoms with E-state index in [1.807, 2.05) is 49.4 Å². The first-order valence-electron chi connectivity index (χ1n) is 9.12. The standard InChI is InChI=1S/C21H21N5O2/c1-13-8-19(27)25-26-20(13)15-6-7-17-18(10-15)23-12-24-21(17)22-11-14-4-3-5-16(9-14)28-2/h3-7,9-10,12-13H,8,11H2,1-2H3,(H,25,27)(H,22,23,24). The molecule has 1 atom stereocenters. The van der Waals surface area contributed by atoms with Crippen molar-refractivity contribution < 1.29 is 9.53 Å². The highest BCUT2D eigenvalue weighted by Gasteiger charge is 2.22. The number of carbonyl (C=O) groups excluding carboxylic acids is 1.